The highest BCUT2D eigenvalue weighted by Crippen LogP contribution is 2.35. The van der Waals surface area contributed by atoms with Crippen LogP contribution >= 0.6 is 0 Å². The van der Waals surface area contributed by atoms with E-state index < -0.39 is 11.7 Å². The van der Waals surface area contributed by atoms with Gasteiger partial charge in [0.15, 0.2) is 5.82 Å². The number of fused-ring (bicyclic) bond motifs is 1. The first kappa shape index (κ1) is 12.2. The van der Waals surface area contributed by atoms with E-state index in [9.17, 15) is 13.2 Å². The maximum atomic E-state index is 12.9. The summed E-state index contributed by atoms with van der Waals surface area (Å²) in [6.07, 6.45) is -2.31. The first-order valence-corrected chi connectivity index (χ1v) is 5.92. The average molecular weight is 271 g/mol. The van der Waals surface area contributed by atoms with Crippen molar-refractivity contribution in [2.75, 3.05) is 31.1 Å². The quantitative estimate of drug-likeness (QED) is 0.823. The summed E-state index contributed by atoms with van der Waals surface area (Å²) in [4.78, 5) is 12.5. The minimum absolute atomic E-state index is 0.0731. The standard InChI is InChI=1S/C11H12F3N5/c12-11(13,14)7-5-16-10(9-8(7)17-6-18-9)19-3-1-15-2-4-19/h5-6,15H,1-4H2,(H,17,18). The second-order valence-electron chi connectivity index (χ2n) is 4.36. The first-order valence-electron chi connectivity index (χ1n) is 5.92. The molecule has 1 aliphatic heterocycles. The normalized spacial score (nSPS) is 17.1. The Morgan fingerprint density at radius 2 is 1.89 bits per heavy atom. The van der Waals surface area contributed by atoms with Crippen LogP contribution < -0.4 is 10.2 Å². The fourth-order valence-corrected chi connectivity index (χ4v) is 2.24. The predicted molar refractivity (Wildman–Crippen MR) is 64.0 cm³/mol. The molecule has 3 rings (SSSR count). The Morgan fingerprint density at radius 3 is 2.58 bits per heavy atom. The number of halogens is 3. The van der Waals surface area contributed by atoms with E-state index in [4.69, 9.17) is 0 Å². The van der Waals surface area contributed by atoms with Gasteiger partial charge in [-0.1, -0.05) is 0 Å². The number of alkyl halides is 3. The second-order valence-corrected chi connectivity index (χ2v) is 4.36. The van der Waals surface area contributed by atoms with E-state index in [2.05, 4.69) is 20.3 Å². The van der Waals surface area contributed by atoms with E-state index in [1.54, 1.807) is 0 Å². The Balaban J connectivity index is 2.10. The van der Waals surface area contributed by atoms with Crippen LogP contribution in [0.3, 0.4) is 0 Å². The molecule has 0 atom stereocenters. The summed E-state index contributed by atoms with van der Waals surface area (Å²) in [6.45, 7) is 3.01. The van der Waals surface area contributed by atoms with Crippen LogP contribution in [0.25, 0.3) is 11.0 Å². The van der Waals surface area contributed by atoms with Gasteiger partial charge in [-0.3, -0.25) is 0 Å². The van der Waals surface area contributed by atoms with Crippen molar-refractivity contribution in [2.45, 2.75) is 6.18 Å². The summed E-state index contributed by atoms with van der Waals surface area (Å²) in [7, 11) is 0. The third-order valence-corrected chi connectivity index (χ3v) is 3.16. The minimum Gasteiger partial charge on any atom is -0.352 e. The van der Waals surface area contributed by atoms with Crippen molar-refractivity contribution in [2.24, 2.45) is 0 Å². The monoisotopic (exact) mass is 271 g/mol. The molecule has 0 spiro atoms. The van der Waals surface area contributed by atoms with Crippen LogP contribution in [-0.2, 0) is 6.18 Å². The van der Waals surface area contributed by atoms with Gasteiger partial charge in [-0.05, 0) is 0 Å². The fourth-order valence-electron chi connectivity index (χ4n) is 2.24. The molecule has 1 saturated heterocycles. The molecule has 3 heterocycles. The van der Waals surface area contributed by atoms with Crippen molar-refractivity contribution in [3.05, 3.63) is 18.1 Å². The molecule has 2 aromatic rings. The molecular formula is C11H12F3N5. The minimum atomic E-state index is -4.44. The van der Waals surface area contributed by atoms with Gasteiger partial charge in [-0.15, -0.1) is 0 Å². The highest BCUT2D eigenvalue weighted by Gasteiger charge is 2.35. The van der Waals surface area contributed by atoms with Crippen LogP contribution in [0.4, 0.5) is 19.0 Å². The lowest BCUT2D eigenvalue weighted by Crippen LogP contribution is -2.44. The summed E-state index contributed by atoms with van der Waals surface area (Å²) in [5.74, 6) is 0.530. The average Bonchev–Trinajstić information content (AvgIpc) is 2.86. The van der Waals surface area contributed by atoms with Crippen molar-refractivity contribution in [3.63, 3.8) is 0 Å². The van der Waals surface area contributed by atoms with Crippen LogP contribution in [0.5, 0.6) is 0 Å². The number of aromatic amines is 1. The van der Waals surface area contributed by atoms with Gasteiger partial charge in [-0.2, -0.15) is 13.2 Å². The van der Waals surface area contributed by atoms with E-state index >= 15 is 0 Å². The van der Waals surface area contributed by atoms with Crippen LogP contribution in [-0.4, -0.2) is 41.1 Å². The lowest BCUT2D eigenvalue weighted by molar-refractivity contribution is -0.136. The number of imidazole rings is 1. The van der Waals surface area contributed by atoms with Gasteiger partial charge in [-0.25, -0.2) is 9.97 Å². The molecule has 102 valence electrons. The van der Waals surface area contributed by atoms with Crippen molar-refractivity contribution in [3.8, 4) is 0 Å². The number of anilines is 1. The van der Waals surface area contributed by atoms with Gasteiger partial charge in [0, 0.05) is 32.4 Å². The summed E-state index contributed by atoms with van der Waals surface area (Å²) in [5.41, 5.74) is -0.532. The molecule has 1 fully saturated rings. The van der Waals surface area contributed by atoms with Crippen molar-refractivity contribution < 1.29 is 13.2 Å². The Hall–Kier alpha value is -1.83. The SMILES string of the molecule is FC(F)(F)c1cnc(N2CCNCC2)c2[nH]cnc12. The smallest absolute Gasteiger partial charge is 0.352 e. The Kier molecular flexibility index (Phi) is 2.81. The lowest BCUT2D eigenvalue weighted by Gasteiger charge is -2.28. The molecule has 0 bridgehead atoms. The van der Waals surface area contributed by atoms with Gasteiger partial charge in [0.2, 0.25) is 0 Å². The van der Waals surface area contributed by atoms with Gasteiger partial charge in [0.1, 0.15) is 16.6 Å². The number of hydrogen-bond donors (Lipinski definition) is 2. The zero-order valence-corrected chi connectivity index (χ0v) is 9.96. The number of rotatable bonds is 1. The van der Waals surface area contributed by atoms with Crippen molar-refractivity contribution >= 4 is 16.9 Å². The molecule has 1 aliphatic rings. The van der Waals surface area contributed by atoms with E-state index in [-0.39, 0.29) is 5.52 Å². The zero-order valence-electron chi connectivity index (χ0n) is 9.96. The zero-order chi connectivity index (χ0) is 13.5. The molecule has 8 heteroatoms. The second kappa shape index (κ2) is 4.37. The highest BCUT2D eigenvalue weighted by atomic mass is 19.4. The molecular weight excluding hydrogens is 259 g/mol. The summed E-state index contributed by atoms with van der Waals surface area (Å²) < 4.78 is 38.6. The molecule has 0 aliphatic carbocycles. The van der Waals surface area contributed by atoms with Crippen molar-refractivity contribution in [1.82, 2.24) is 20.3 Å². The molecule has 0 unspecified atom stereocenters. The topological polar surface area (TPSA) is 56.8 Å². The number of nitrogens with one attached hydrogen (secondary N) is 2. The highest BCUT2D eigenvalue weighted by molar-refractivity contribution is 5.88. The van der Waals surface area contributed by atoms with Gasteiger partial charge >= 0.3 is 6.18 Å². The number of nitrogens with zero attached hydrogens (tertiary/aromatic N) is 3. The summed E-state index contributed by atoms with van der Waals surface area (Å²) in [5, 5.41) is 3.19. The third kappa shape index (κ3) is 2.12. The van der Waals surface area contributed by atoms with Crippen LogP contribution in [0.15, 0.2) is 12.5 Å². The summed E-state index contributed by atoms with van der Waals surface area (Å²) in [6, 6.07) is 0. The van der Waals surface area contributed by atoms with Gasteiger partial charge in [0.05, 0.1) is 6.33 Å². The number of hydrogen-bond acceptors (Lipinski definition) is 4. The molecule has 19 heavy (non-hydrogen) atoms. The Bertz CT molecular complexity index is 586. The fraction of sp³-hybridized carbons (Fsp3) is 0.455. The largest absolute Gasteiger partial charge is 0.420 e. The number of piperazine rings is 1. The molecule has 2 aromatic heterocycles. The van der Waals surface area contributed by atoms with E-state index in [1.807, 2.05) is 4.90 Å². The first-order chi connectivity index (χ1) is 9.07. The molecule has 0 radical (unpaired) electrons. The van der Waals surface area contributed by atoms with Gasteiger partial charge in [0.25, 0.3) is 0 Å². The molecule has 2 N–H and O–H groups in total. The van der Waals surface area contributed by atoms with Crippen molar-refractivity contribution in [1.29, 1.82) is 0 Å². The number of pyridine rings is 1. The number of H-pyrrole nitrogens is 1. The van der Waals surface area contributed by atoms with Gasteiger partial charge < -0.3 is 15.2 Å². The van der Waals surface area contributed by atoms with E-state index in [0.717, 1.165) is 19.3 Å². The van der Waals surface area contributed by atoms with Crippen LogP contribution in [0.1, 0.15) is 5.56 Å². The maximum Gasteiger partial charge on any atom is 0.420 e. The predicted octanol–water partition coefficient (Wildman–Crippen LogP) is 1.39. The van der Waals surface area contributed by atoms with E-state index in [0.29, 0.717) is 24.4 Å². The van der Waals surface area contributed by atoms with Crippen LogP contribution in [0.2, 0.25) is 0 Å². The van der Waals surface area contributed by atoms with Crippen LogP contribution in [0, 0.1) is 0 Å². The molecule has 5 nitrogen and oxygen atoms in total. The van der Waals surface area contributed by atoms with E-state index in [1.165, 1.54) is 6.33 Å². The lowest BCUT2D eigenvalue weighted by atomic mass is 10.2. The molecule has 0 saturated carbocycles. The maximum absolute atomic E-state index is 12.9. The Labute approximate surface area is 106 Å². The summed E-state index contributed by atoms with van der Waals surface area (Å²) >= 11 is 0. The Morgan fingerprint density at radius 1 is 1.16 bits per heavy atom. The molecule has 0 aromatic carbocycles. The third-order valence-electron chi connectivity index (χ3n) is 3.16. The number of aromatic nitrogens is 3. The molecule has 0 amide bonds.